The van der Waals surface area contributed by atoms with E-state index in [1.807, 2.05) is 31.2 Å². The molecule has 0 saturated carbocycles. The van der Waals surface area contributed by atoms with E-state index in [0.717, 1.165) is 17.7 Å². The fraction of sp³-hybridized carbons (Fsp3) is 0.625. The summed E-state index contributed by atoms with van der Waals surface area (Å²) in [6, 6.07) is 7.73. The number of hydrogen-bond acceptors (Lipinski definition) is 5. The lowest BCUT2D eigenvalue weighted by Crippen LogP contribution is -2.30. The minimum absolute atomic E-state index is 0.0831. The molecular formula is C16H27NO4. The third-order valence-electron chi connectivity index (χ3n) is 3.26. The van der Waals surface area contributed by atoms with E-state index in [0.29, 0.717) is 26.4 Å². The first-order valence-corrected chi connectivity index (χ1v) is 7.31. The summed E-state index contributed by atoms with van der Waals surface area (Å²) in [5, 5.41) is 0. The van der Waals surface area contributed by atoms with Crippen LogP contribution in [0.4, 0.5) is 0 Å². The highest BCUT2D eigenvalue weighted by Gasteiger charge is 2.22. The van der Waals surface area contributed by atoms with E-state index in [-0.39, 0.29) is 12.1 Å². The van der Waals surface area contributed by atoms with Gasteiger partial charge in [-0.25, -0.2) is 0 Å². The molecule has 2 atom stereocenters. The molecule has 0 radical (unpaired) electrons. The molecule has 1 aromatic carbocycles. The fourth-order valence-electron chi connectivity index (χ4n) is 2.04. The molecule has 0 bridgehead atoms. The van der Waals surface area contributed by atoms with Gasteiger partial charge in [0, 0.05) is 18.7 Å². The maximum atomic E-state index is 6.19. The molecule has 120 valence electrons. The first-order chi connectivity index (χ1) is 10.2. The van der Waals surface area contributed by atoms with Crippen LogP contribution >= 0.6 is 0 Å². The molecule has 5 heteroatoms. The number of nitrogens with two attached hydrogens (primary N) is 1. The van der Waals surface area contributed by atoms with Crippen molar-refractivity contribution >= 4 is 0 Å². The largest absolute Gasteiger partial charge is 0.496 e. The van der Waals surface area contributed by atoms with Gasteiger partial charge in [-0.3, -0.25) is 0 Å². The molecule has 0 aromatic heterocycles. The van der Waals surface area contributed by atoms with E-state index in [1.54, 1.807) is 14.2 Å². The van der Waals surface area contributed by atoms with Crippen molar-refractivity contribution in [2.45, 2.75) is 25.5 Å². The minimum atomic E-state index is -0.197. The van der Waals surface area contributed by atoms with Crippen LogP contribution in [0.1, 0.15) is 25.0 Å². The monoisotopic (exact) mass is 297 g/mol. The Hall–Kier alpha value is -1.14. The number of hydrogen-bond donors (Lipinski definition) is 1. The molecule has 2 unspecified atom stereocenters. The summed E-state index contributed by atoms with van der Waals surface area (Å²) in [4.78, 5) is 0. The van der Waals surface area contributed by atoms with Gasteiger partial charge in [0.2, 0.25) is 0 Å². The summed E-state index contributed by atoms with van der Waals surface area (Å²) in [5.74, 6) is 0.798. The van der Waals surface area contributed by atoms with Crippen LogP contribution < -0.4 is 10.5 Å². The quantitative estimate of drug-likeness (QED) is 0.634. The van der Waals surface area contributed by atoms with Crippen LogP contribution in [0.5, 0.6) is 5.75 Å². The van der Waals surface area contributed by atoms with Gasteiger partial charge in [-0.15, -0.1) is 0 Å². The number of rotatable bonds is 11. The summed E-state index contributed by atoms with van der Waals surface area (Å²) in [7, 11) is 3.30. The average molecular weight is 297 g/mol. The van der Waals surface area contributed by atoms with Crippen LogP contribution in [0.2, 0.25) is 0 Å². The predicted molar refractivity (Wildman–Crippen MR) is 82.6 cm³/mol. The molecule has 21 heavy (non-hydrogen) atoms. The molecule has 0 saturated heterocycles. The normalized spacial score (nSPS) is 13.9. The molecular weight excluding hydrogens is 270 g/mol. The van der Waals surface area contributed by atoms with Crippen molar-refractivity contribution in [3.8, 4) is 5.75 Å². The van der Waals surface area contributed by atoms with Crippen LogP contribution in [-0.2, 0) is 14.2 Å². The van der Waals surface area contributed by atoms with Crippen LogP contribution in [0, 0.1) is 0 Å². The lowest BCUT2D eigenvalue weighted by Gasteiger charge is -2.25. The summed E-state index contributed by atoms with van der Waals surface area (Å²) in [5.41, 5.74) is 7.17. The Labute approximate surface area is 127 Å². The second-order valence-corrected chi connectivity index (χ2v) is 4.71. The molecule has 5 nitrogen and oxygen atoms in total. The van der Waals surface area contributed by atoms with Crippen molar-refractivity contribution in [2.24, 2.45) is 5.73 Å². The highest BCUT2D eigenvalue weighted by molar-refractivity contribution is 5.35. The third kappa shape index (κ3) is 6.01. The first-order valence-electron chi connectivity index (χ1n) is 7.31. The summed E-state index contributed by atoms with van der Waals surface area (Å²) in [6.45, 7) is 4.21. The van der Waals surface area contributed by atoms with Gasteiger partial charge in [-0.05, 0) is 12.5 Å². The number of ether oxygens (including phenoxy) is 4. The van der Waals surface area contributed by atoms with E-state index in [9.17, 15) is 0 Å². The van der Waals surface area contributed by atoms with E-state index in [1.165, 1.54) is 0 Å². The van der Waals surface area contributed by atoms with E-state index in [2.05, 4.69) is 0 Å². The molecule has 0 aliphatic rings. The topological polar surface area (TPSA) is 62.9 Å². The Bertz CT molecular complexity index is 386. The highest BCUT2D eigenvalue weighted by Crippen LogP contribution is 2.30. The maximum Gasteiger partial charge on any atom is 0.124 e. The zero-order valence-corrected chi connectivity index (χ0v) is 13.2. The van der Waals surface area contributed by atoms with Gasteiger partial charge >= 0.3 is 0 Å². The predicted octanol–water partition coefficient (Wildman–Crippen LogP) is 2.15. The maximum absolute atomic E-state index is 6.19. The minimum Gasteiger partial charge on any atom is -0.496 e. The zero-order valence-electron chi connectivity index (χ0n) is 13.2. The van der Waals surface area contributed by atoms with Gasteiger partial charge in [0.05, 0.1) is 33.5 Å². The number of benzene rings is 1. The Balaban J connectivity index is 2.60. The van der Waals surface area contributed by atoms with Crippen molar-refractivity contribution in [3.63, 3.8) is 0 Å². The van der Waals surface area contributed by atoms with Gasteiger partial charge in [-0.2, -0.15) is 0 Å². The Morgan fingerprint density at radius 2 is 1.76 bits per heavy atom. The molecule has 0 aliphatic carbocycles. The molecule has 0 spiro atoms. The van der Waals surface area contributed by atoms with E-state index < -0.39 is 0 Å². The van der Waals surface area contributed by atoms with Gasteiger partial charge in [0.15, 0.2) is 0 Å². The highest BCUT2D eigenvalue weighted by atomic mass is 16.5. The third-order valence-corrected chi connectivity index (χ3v) is 3.26. The van der Waals surface area contributed by atoms with Crippen LogP contribution in [0.25, 0.3) is 0 Å². The average Bonchev–Trinajstić information content (AvgIpc) is 2.53. The van der Waals surface area contributed by atoms with E-state index >= 15 is 0 Å². The first kappa shape index (κ1) is 17.9. The van der Waals surface area contributed by atoms with Crippen molar-refractivity contribution < 1.29 is 18.9 Å². The molecule has 0 heterocycles. The van der Waals surface area contributed by atoms with Gasteiger partial charge in [0.1, 0.15) is 11.9 Å². The summed E-state index contributed by atoms with van der Waals surface area (Å²) >= 11 is 0. The smallest absolute Gasteiger partial charge is 0.124 e. The van der Waals surface area contributed by atoms with Gasteiger partial charge in [0.25, 0.3) is 0 Å². The number of para-hydroxylation sites is 1. The fourth-order valence-corrected chi connectivity index (χ4v) is 2.04. The molecule has 1 aromatic rings. The molecule has 2 N–H and O–H groups in total. The Kier molecular flexibility index (Phi) is 9.01. The number of methoxy groups -OCH3 is 2. The Morgan fingerprint density at radius 1 is 1.05 bits per heavy atom. The lowest BCUT2D eigenvalue weighted by molar-refractivity contribution is -0.0173. The van der Waals surface area contributed by atoms with E-state index in [4.69, 9.17) is 24.7 Å². The second-order valence-electron chi connectivity index (χ2n) is 4.71. The SMILES string of the molecule is CCC(N)C(OCCOCCOC)c1ccccc1OC. The summed E-state index contributed by atoms with van der Waals surface area (Å²) in [6.07, 6.45) is 0.630. The van der Waals surface area contributed by atoms with Crippen LogP contribution in [0.3, 0.4) is 0 Å². The van der Waals surface area contributed by atoms with Crippen LogP contribution in [-0.4, -0.2) is 46.7 Å². The molecule has 1 rings (SSSR count). The van der Waals surface area contributed by atoms with Crippen molar-refractivity contribution in [1.29, 1.82) is 0 Å². The van der Waals surface area contributed by atoms with Crippen LogP contribution in [0.15, 0.2) is 24.3 Å². The zero-order chi connectivity index (χ0) is 15.5. The van der Waals surface area contributed by atoms with Gasteiger partial charge < -0.3 is 24.7 Å². The van der Waals surface area contributed by atoms with Gasteiger partial charge in [-0.1, -0.05) is 25.1 Å². The lowest BCUT2D eigenvalue weighted by atomic mass is 10.00. The molecule has 0 aliphatic heterocycles. The standard InChI is InChI=1S/C16H27NO4/c1-4-14(17)16(21-12-11-20-10-9-18-2)13-7-5-6-8-15(13)19-3/h5-8,14,16H,4,9-12,17H2,1-3H3. The second kappa shape index (κ2) is 10.6. The molecule has 0 amide bonds. The summed E-state index contributed by atoms with van der Waals surface area (Å²) < 4.78 is 21.7. The van der Waals surface area contributed by atoms with Crippen molar-refractivity contribution in [1.82, 2.24) is 0 Å². The van der Waals surface area contributed by atoms with Crippen molar-refractivity contribution in [2.75, 3.05) is 40.6 Å². The van der Waals surface area contributed by atoms with Crippen molar-refractivity contribution in [3.05, 3.63) is 29.8 Å². The Morgan fingerprint density at radius 3 is 2.43 bits per heavy atom. The molecule has 0 fully saturated rings.